The summed E-state index contributed by atoms with van der Waals surface area (Å²) in [6.07, 6.45) is 5.58. The molecule has 262 valence electrons. The number of hydrogen-bond donors (Lipinski definition) is 0. The van der Waals surface area contributed by atoms with Crippen LogP contribution in [0.4, 0.5) is 0 Å². The zero-order chi connectivity index (χ0) is 37.1. The Morgan fingerprint density at radius 1 is 0.382 bits per heavy atom. The van der Waals surface area contributed by atoms with Gasteiger partial charge in [-0.25, -0.2) is 0 Å². The lowest BCUT2D eigenvalue weighted by atomic mass is 9.93. The van der Waals surface area contributed by atoms with Gasteiger partial charge < -0.3 is 9.13 Å². The van der Waals surface area contributed by atoms with Gasteiger partial charge in [0.25, 0.3) is 0 Å². The molecule has 0 aliphatic heterocycles. The van der Waals surface area contributed by atoms with Crippen molar-refractivity contribution in [2.45, 2.75) is 6.92 Å². The van der Waals surface area contributed by atoms with Crippen molar-refractivity contribution in [1.82, 2.24) is 9.13 Å². The zero-order valence-electron chi connectivity index (χ0n) is 30.8. The molecule has 2 heteroatoms. The molecular weight excluding hydrogens is 665 g/mol. The predicted octanol–water partition coefficient (Wildman–Crippen LogP) is 14.6. The molecule has 0 N–H and O–H groups in total. The highest BCUT2D eigenvalue weighted by Gasteiger charge is 2.19. The average molecular weight is 705 g/mol. The minimum Gasteiger partial charge on any atom is -0.309 e. The van der Waals surface area contributed by atoms with Crippen molar-refractivity contribution < 1.29 is 0 Å². The normalized spacial score (nSPS) is 11.4. The summed E-state index contributed by atoms with van der Waals surface area (Å²) in [6.45, 7) is 5.42. The summed E-state index contributed by atoms with van der Waals surface area (Å²) in [5.41, 5.74) is 14.5. The van der Waals surface area contributed by atoms with Crippen molar-refractivity contribution in [1.29, 1.82) is 0 Å². The molecule has 0 spiro atoms. The number of allylic oxidation sites excluding steroid dienone is 3. The Bertz CT molecular complexity index is 3000. The highest BCUT2D eigenvalue weighted by atomic mass is 15.0. The van der Waals surface area contributed by atoms with Crippen LogP contribution in [0, 0.1) is 0 Å². The molecule has 0 aliphatic carbocycles. The van der Waals surface area contributed by atoms with Crippen LogP contribution in [0.25, 0.3) is 88.4 Å². The maximum Gasteiger partial charge on any atom is 0.0541 e. The van der Waals surface area contributed by atoms with Crippen LogP contribution in [0.15, 0.2) is 219 Å². The van der Waals surface area contributed by atoms with Gasteiger partial charge in [-0.2, -0.15) is 0 Å². The fraction of sp³-hybridized carbons (Fsp3) is 0.0189. The molecule has 0 aliphatic rings. The zero-order valence-corrected chi connectivity index (χ0v) is 30.8. The minimum absolute atomic E-state index is 1.17. The fourth-order valence-electron chi connectivity index (χ4n) is 8.04. The topological polar surface area (TPSA) is 9.86 Å². The summed E-state index contributed by atoms with van der Waals surface area (Å²) < 4.78 is 4.82. The smallest absolute Gasteiger partial charge is 0.0541 e. The van der Waals surface area contributed by atoms with E-state index in [0.717, 1.165) is 0 Å². The molecule has 0 atom stereocenters. The maximum absolute atomic E-state index is 3.46. The fourth-order valence-corrected chi connectivity index (χ4v) is 8.04. The van der Waals surface area contributed by atoms with Gasteiger partial charge in [-0.3, -0.25) is 0 Å². The molecule has 8 aromatic carbocycles. The SMILES string of the molecule is C=C/C=C\C.c1ccc(-c2ccccc2-c2ccccc2-n2c3ccccc3c3cc(-c4ccc5c(c4)c4ccccc4n5-c4ccccc4)ccc32)cc1. The third-order valence-corrected chi connectivity index (χ3v) is 10.5. The number of nitrogens with zero attached hydrogens (tertiary/aromatic N) is 2. The minimum atomic E-state index is 1.17. The first kappa shape index (κ1) is 33.7. The van der Waals surface area contributed by atoms with Gasteiger partial charge in [-0.1, -0.05) is 164 Å². The standard InChI is InChI=1S/C48H32N2.C5H8/c1-3-15-33(16-4-1)37-19-7-8-20-38(37)39-21-9-13-25-45(39)50-46-26-14-11-23-41(46)43-32-35(28-30-48(43)50)34-27-29-47-42(31-34)40-22-10-12-24-44(40)49(47)36-17-5-2-6-18-36;1-3-5-4-2/h1-32H;3-5H,1H2,2H3/b;5-4-. The molecule has 0 radical (unpaired) electrons. The lowest BCUT2D eigenvalue weighted by Crippen LogP contribution is -1.98. The van der Waals surface area contributed by atoms with Gasteiger partial charge in [0.2, 0.25) is 0 Å². The number of hydrogen-bond acceptors (Lipinski definition) is 0. The summed E-state index contributed by atoms with van der Waals surface area (Å²) >= 11 is 0. The second-order valence-corrected chi connectivity index (χ2v) is 13.7. The molecule has 0 saturated heterocycles. The Balaban J connectivity index is 0.000000748. The van der Waals surface area contributed by atoms with Crippen LogP contribution in [0.1, 0.15) is 6.92 Å². The largest absolute Gasteiger partial charge is 0.309 e. The predicted molar refractivity (Wildman–Crippen MR) is 236 cm³/mol. The van der Waals surface area contributed by atoms with E-state index in [4.69, 9.17) is 0 Å². The van der Waals surface area contributed by atoms with E-state index in [1.54, 1.807) is 6.08 Å². The maximum atomic E-state index is 3.46. The molecule has 0 saturated carbocycles. The van der Waals surface area contributed by atoms with Crippen LogP contribution in [-0.2, 0) is 0 Å². The number of aromatic nitrogens is 2. The van der Waals surface area contributed by atoms with Crippen LogP contribution >= 0.6 is 0 Å². The molecule has 0 unspecified atom stereocenters. The number of benzene rings is 8. The summed E-state index contributed by atoms with van der Waals surface area (Å²) in [5, 5.41) is 5.02. The Labute approximate surface area is 322 Å². The highest BCUT2D eigenvalue weighted by molar-refractivity contribution is 6.13. The molecule has 2 nitrogen and oxygen atoms in total. The van der Waals surface area contributed by atoms with Gasteiger partial charge in [0.15, 0.2) is 0 Å². The van der Waals surface area contributed by atoms with Crippen molar-refractivity contribution in [2.24, 2.45) is 0 Å². The Morgan fingerprint density at radius 2 is 0.855 bits per heavy atom. The van der Waals surface area contributed by atoms with E-state index in [1.807, 2.05) is 19.1 Å². The number of fused-ring (bicyclic) bond motifs is 6. The van der Waals surface area contributed by atoms with E-state index < -0.39 is 0 Å². The van der Waals surface area contributed by atoms with E-state index in [9.17, 15) is 0 Å². The molecule has 2 heterocycles. The van der Waals surface area contributed by atoms with E-state index in [1.165, 1.54) is 88.4 Å². The molecular formula is C53H40N2. The molecule has 0 bridgehead atoms. The van der Waals surface area contributed by atoms with Crippen molar-refractivity contribution in [2.75, 3.05) is 0 Å². The third kappa shape index (κ3) is 6.04. The van der Waals surface area contributed by atoms with Crippen LogP contribution in [0.3, 0.4) is 0 Å². The summed E-state index contributed by atoms with van der Waals surface area (Å²) in [7, 11) is 0. The Morgan fingerprint density at radius 3 is 1.45 bits per heavy atom. The van der Waals surface area contributed by atoms with Gasteiger partial charge in [0, 0.05) is 32.8 Å². The lowest BCUT2D eigenvalue weighted by Gasteiger charge is -2.17. The second-order valence-electron chi connectivity index (χ2n) is 13.7. The Hall–Kier alpha value is -7.16. The molecule has 10 aromatic rings. The van der Waals surface area contributed by atoms with E-state index in [-0.39, 0.29) is 0 Å². The quantitative estimate of drug-likeness (QED) is 0.153. The van der Waals surface area contributed by atoms with E-state index in [2.05, 4.69) is 210 Å². The first-order valence-corrected chi connectivity index (χ1v) is 18.9. The molecule has 0 fully saturated rings. The molecule has 10 rings (SSSR count). The molecule has 0 amide bonds. The van der Waals surface area contributed by atoms with Gasteiger partial charge in [-0.15, -0.1) is 0 Å². The van der Waals surface area contributed by atoms with Crippen LogP contribution in [0.5, 0.6) is 0 Å². The monoisotopic (exact) mass is 704 g/mol. The second kappa shape index (κ2) is 14.7. The number of rotatable bonds is 6. The van der Waals surface area contributed by atoms with Gasteiger partial charge in [0.1, 0.15) is 0 Å². The number of para-hydroxylation sites is 4. The highest BCUT2D eigenvalue weighted by Crippen LogP contribution is 2.41. The van der Waals surface area contributed by atoms with Crippen molar-refractivity contribution in [3.8, 4) is 44.8 Å². The van der Waals surface area contributed by atoms with Gasteiger partial charge in [0.05, 0.1) is 27.8 Å². The summed E-state index contributed by atoms with van der Waals surface area (Å²) in [6, 6.07) is 70.4. The summed E-state index contributed by atoms with van der Waals surface area (Å²) in [4.78, 5) is 0. The van der Waals surface area contributed by atoms with E-state index >= 15 is 0 Å². The van der Waals surface area contributed by atoms with Crippen molar-refractivity contribution in [3.63, 3.8) is 0 Å². The lowest BCUT2D eigenvalue weighted by molar-refractivity contribution is 1.18. The van der Waals surface area contributed by atoms with Crippen LogP contribution in [0.2, 0.25) is 0 Å². The third-order valence-electron chi connectivity index (χ3n) is 10.5. The van der Waals surface area contributed by atoms with Crippen LogP contribution < -0.4 is 0 Å². The first-order valence-electron chi connectivity index (χ1n) is 18.9. The van der Waals surface area contributed by atoms with Gasteiger partial charge >= 0.3 is 0 Å². The summed E-state index contributed by atoms with van der Waals surface area (Å²) in [5.74, 6) is 0. The van der Waals surface area contributed by atoms with Crippen molar-refractivity contribution in [3.05, 3.63) is 219 Å². The van der Waals surface area contributed by atoms with E-state index in [0.29, 0.717) is 0 Å². The molecule has 55 heavy (non-hydrogen) atoms. The molecule has 2 aromatic heterocycles. The first-order chi connectivity index (χ1) is 27.2. The van der Waals surface area contributed by atoms with Gasteiger partial charge in [-0.05, 0) is 89.3 Å². The average Bonchev–Trinajstić information content (AvgIpc) is 3.77. The Kier molecular flexibility index (Phi) is 8.99. The van der Waals surface area contributed by atoms with Crippen molar-refractivity contribution >= 4 is 43.6 Å². The van der Waals surface area contributed by atoms with Crippen LogP contribution in [-0.4, -0.2) is 9.13 Å².